The van der Waals surface area contributed by atoms with Crippen molar-refractivity contribution in [1.82, 2.24) is 15.2 Å². The lowest BCUT2D eigenvalue weighted by Gasteiger charge is -2.31. The molecule has 1 aliphatic rings. The maximum Gasteiger partial charge on any atom is 0.409 e. The van der Waals surface area contributed by atoms with Gasteiger partial charge in [-0.3, -0.25) is 9.59 Å². The Bertz CT molecular complexity index is 831. The molecule has 156 valence electrons. The molecule has 2 heterocycles. The van der Waals surface area contributed by atoms with Gasteiger partial charge in [-0.05, 0) is 31.9 Å². The number of carbonyl (C=O) groups excluding carboxylic acids is 3. The van der Waals surface area contributed by atoms with Gasteiger partial charge in [0.25, 0.3) is 5.91 Å². The Morgan fingerprint density at radius 2 is 2.00 bits per heavy atom. The van der Waals surface area contributed by atoms with E-state index in [2.05, 4.69) is 10.3 Å². The van der Waals surface area contributed by atoms with Crippen molar-refractivity contribution in [3.8, 4) is 0 Å². The van der Waals surface area contributed by atoms with Crippen molar-refractivity contribution in [2.75, 3.05) is 32.1 Å². The summed E-state index contributed by atoms with van der Waals surface area (Å²) in [6.45, 7) is 2.86. The van der Waals surface area contributed by atoms with Crippen LogP contribution in [0.4, 0.5) is 4.79 Å². The van der Waals surface area contributed by atoms with Gasteiger partial charge in [0.2, 0.25) is 0 Å². The molecule has 1 N–H and O–H groups in total. The van der Waals surface area contributed by atoms with Crippen molar-refractivity contribution < 1.29 is 23.9 Å². The number of benzene rings is 1. The van der Waals surface area contributed by atoms with Crippen LogP contribution in [0.25, 0.3) is 10.2 Å². The van der Waals surface area contributed by atoms with Crippen LogP contribution < -0.4 is 5.32 Å². The maximum absolute atomic E-state index is 12.0. The van der Waals surface area contributed by atoms with Crippen molar-refractivity contribution in [3.63, 3.8) is 0 Å². The average molecular weight is 438 g/mol. The van der Waals surface area contributed by atoms with Crippen molar-refractivity contribution in [2.45, 2.75) is 30.1 Å². The van der Waals surface area contributed by atoms with E-state index in [-0.39, 0.29) is 30.4 Å². The fraction of sp³-hybridized carbons (Fsp3) is 0.474. The van der Waals surface area contributed by atoms with Crippen LogP contribution in [0.1, 0.15) is 19.8 Å². The van der Waals surface area contributed by atoms with Gasteiger partial charge < -0.3 is 19.7 Å². The molecule has 0 aliphatic carbocycles. The summed E-state index contributed by atoms with van der Waals surface area (Å²) in [6.07, 6.45) is 0.967. The van der Waals surface area contributed by atoms with E-state index in [9.17, 15) is 14.4 Å². The number of amides is 2. The van der Waals surface area contributed by atoms with E-state index in [0.29, 0.717) is 32.5 Å². The second kappa shape index (κ2) is 10.4. The molecule has 10 heteroatoms. The Labute approximate surface area is 176 Å². The number of hydrogen-bond donors (Lipinski definition) is 1. The first-order valence-electron chi connectivity index (χ1n) is 9.40. The summed E-state index contributed by atoms with van der Waals surface area (Å²) in [6, 6.07) is 7.74. The average Bonchev–Trinajstić information content (AvgIpc) is 3.14. The number of carbonyl (C=O) groups is 3. The zero-order valence-electron chi connectivity index (χ0n) is 16.1. The predicted molar refractivity (Wildman–Crippen MR) is 111 cm³/mol. The molecule has 0 atom stereocenters. The molecule has 0 saturated carbocycles. The van der Waals surface area contributed by atoms with Crippen molar-refractivity contribution in [3.05, 3.63) is 24.3 Å². The third-order valence-corrected chi connectivity index (χ3v) is 6.49. The third kappa shape index (κ3) is 6.33. The number of thioether (sulfide) groups is 1. The highest BCUT2D eigenvalue weighted by Crippen LogP contribution is 2.29. The zero-order chi connectivity index (χ0) is 20.6. The standard InChI is InChI=1S/C19H23N3O5S2/c1-2-26-19(25)22-9-7-13(8-10-22)20-16(23)11-27-17(24)12-28-18-21-14-5-3-4-6-15(14)29-18/h3-6,13H,2,7-12H2,1H3,(H,20,23). The first kappa shape index (κ1) is 21.4. The number of fused-ring (bicyclic) bond motifs is 1. The van der Waals surface area contributed by atoms with Crippen LogP contribution in [0.3, 0.4) is 0 Å². The molecule has 0 radical (unpaired) electrons. The summed E-state index contributed by atoms with van der Waals surface area (Å²) in [5.41, 5.74) is 0.904. The van der Waals surface area contributed by atoms with Gasteiger partial charge in [-0.15, -0.1) is 11.3 Å². The highest BCUT2D eigenvalue weighted by atomic mass is 32.2. The second-order valence-electron chi connectivity index (χ2n) is 6.42. The lowest BCUT2D eigenvalue weighted by atomic mass is 10.1. The van der Waals surface area contributed by atoms with Crippen LogP contribution in [-0.2, 0) is 19.1 Å². The molecule has 2 aromatic rings. The fourth-order valence-electron chi connectivity index (χ4n) is 2.91. The molecule has 1 aliphatic heterocycles. The SMILES string of the molecule is CCOC(=O)N1CCC(NC(=O)COC(=O)CSc2nc3ccccc3s2)CC1. The molecule has 1 saturated heterocycles. The van der Waals surface area contributed by atoms with E-state index in [1.54, 1.807) is 11.8 Å². The molecular formula is C19H23N3O5S2. The van der Waals surface area contributed by atoms with Gasteiger partial charge in [0, 0.05) is 19.1 Å². The Hall–Kier alpha value is -2.33. The lowest BCUT2D eigenvalue weighted by Crippen LogP contribution is -2.47. The van der Waals surface area contributed by atoms with E-state index >= 15 is 0 Å². The maximum atomic E-state index is 12.0. The summed E-state index contributed by atoms with van der Waals surface area (Å²) in [5, 5.41) is 2.85. The number of rotatable bonds is 7. The largest absolute Gasteiger partial charge is 0.455 e. The molecule has 29 heavy (non-hydrogen) atoms. The predicted octanol–water partition coefficient (Wildman–Crippen LogP) is 2.67. The number of likely N-dealkylation sites (tertiary alicyclic amines) is 1. The molecular weight excluding hydrogens is 414 g/mol. The van der Waals surface area contributed by atoms with Gasteiger partial charge in [-0.2, -0.15) is 0 Å². The van der Waals surface area contributed by atoms with Crippen LogP contribution in [0.5, 0.6) is 0 Å². The summed E-state index contributed by atoms with van der Waals surface area (Å²) in [7, 11) is 0. The topological polar surface area (TPSA) is 97.8 Å². The van der Waals surface area contributed by atoms with Gasteiger partial charge in [-0.25, -0.2) is 9.78 Å². The minimum atomic E-state index is -0.457. The minimum Gasteiger partial charge on any atom is -0.455 e. The molecule has 1 aromatic carbocycles. The smallest absolute Gasteiger partial charge is 0.409 e. The number of piperidine rings is 1. The molecule has 0 spiro atoms. The van der Waals surface area contributed by atoms with E-state index in [1.807, 2.05) is 24.3 Å². The molecule has 3 rings (SSSR count). The second-order valence-corrected chi connectivity index (χ2v) is 8.68. The van der Waals surface area contributed by atoms with Crippen molar-refractivity contribution >= 4 is 51.3 Å². The molecule has 1 aromatic heterocycles. The molecule has 1 fully saturated rings. The summed E-state index contributed by atoms with van der Waals surface area (Å²) in [5.74, 6) is -0.690. The van der Waals surface area contributed by atoms with Gasteiger partial charge in [-0.1, -0.05) is 23.9 Å². The van der Waals surface area contributed by atoms with Crippen LogP contribution in [0, 0.1) is 0 Å². The Morgan fingerprint density at radius 3 is 2.72 bits per heavy atom. The third-order valence-electron chi connectivity index (χ3n) is 4.34. The molecule has 0 unspecified atom stereocenters. The number of nitrogens with zero attached hydrogens (tertiary/aromatic N) is 2. The van der Waals surface area contributed by atoms with Crippen LogP contribution in [0.2, 0.25) is 0 Å². The van der Waals surface area contributed by atoms with E-state index < -0.39 is 5.97 Å². The van der Waals surface area contributed by atoms with E-state index in [4.69, 9.17) is 9.47 Å². The molecule has 2 amide bonds. The Morgan fingerprint density at radius 1 is 1.24 bits per heavy atom. The summed E-state index contributed by atoms with van der Waals surface area (Å²) in [4.78, 5) is 41.7. The van der Waals surface area contributed by atoms with Gasteiger partial charge in [0.15, 0.2) is 10.9 Å². The molecule has 8 nitrogen and oxygen atoms in total. The van der Waals surface area contributed by atoms with Gasteiger partial charge in [0.05, 0.1) is 22.6 Å². The van der Waals surface area contributed by atoms with E-state index in [0.717, 1.165) is 14.6 Å². The normalized spacial score (nSPS) is 14.6. The number of esters is 1. The summed E-state index contributed by atoms with van der Waals surface area (Å²) < 4.78 is 11.9. The highest BCUT2D eigenvalue weighted by molar-refractivity contribution is 8.01. The van der Waals surface area contributed by atoms with Gasteiger partial charge >= 0.3 is 12.1 Å². The highest BCUT2D eigenvalue weighted by Gasteiger charge is 2.24. The van der Waals surface area contributed by atoms with Crippen molar-refractivity contribution in [2.24, 2.45) is 0 Å². The van der Waals surface area contributed by atoms with Crippen LogP contribution >= 0.6 is 23.1 Å². The molecule has 0 bridgehead atoms. The quantitative estimate of drug-likeness (QED) is 0.525. The van der Waals surface area contributed by atoms with Crippen LogP contribution in [-0.4, -0.2) is 66.0 Å². The lowest BCUT2D eigenvalue weighted by molar-refractivity contribution is -0.146. The summed E-state index contributed by atoms with van der Waals surface area (Å²) >= 11 is 2.82. The number of ether oxygens (including phenoxy) is 2. The Balaban J connectivity index is 1.33. The number of nitrogens with one attached hydrogen (secondary N) is 1. The minimum absolute atomic E-state index is 0.0380. The number of hydrogen-bond acceptors (Lipinski definition) is 8. The van der Waals surface area contributed by atoms with E-state index in [1.165, 1.54) is 23.1 Å². The number of thiazole rings is 1. The zero-order valence-corrected chi connectivity index (χ0v) is 17.7. The number of aromatic nitrogens is 1. The van der Waals surface area contributed by atoms with Crippen LogP contribution in [0.15, 0.2) is 28.6 Å². The number of para-hydroxylation sites is 1. The first-order chi connectivity index (χ1) is 14.0. The monoisotopic (exact) mass is 437 g/mol. The fourth-order valence-corrected chi connectivity index (χ4v) is 4.78. The Kier molecular flexibility index (Phi) is 7.70. The van der Waals surface area contributed by atoms with Crippen molar-refractivity contribution in [1.29, 1.82) is 0 Å². The first-order valence-corrected chi connectivity index (χ1v) is 11.2. The van der Waals surface area contributed by atoms with Gasteiger partial charge in [0.1, 0.15) is 0 Å².